The number of aryl methyl sites for hydroxylation is 1. The zero-order valence-electron chi connectivity index (χ0n) is 13.8. The molecule has 1 atom stereocenters. The highest BCUT2D eigenvalue weighted by Gasteiger charge is 2.19. The molecule has 8 heteroatoms. The number of nitrogens with two attached hydrogens (primary N) is 1. The zero-order chi connectivity index (χ0) is 18.0. The molecule has 128 valence electrons. The van der Waals surface area contributed by atoms with Gasteiger partial charge < -0.3 is 10.5 Å². The molecule has 0 amide bonds. The van der Waals surface area contributed by atoms with Crippen LogP contribution in [0, 0.1) is 17.0 Å². The van der Waals surface area contributed by atoms with E-state index in [9.17, 15) is 10.1 Å². The van der Waals surface area contributed by atoms with Crippen LogP contribution < -0.4 is 10.5 Å². The van der Waals surface area contributed by atoms with Gasteiger partial charge in [-0.1, -0.05) is 29.8 Å². The van der Waals surface area contributed by atoms with E-state index in [1.54, 1.807) is 6.07 Å². The second-order valence-electron chi connectivity index (χ2n) is 5.58. The predicted molar refractivity (Wildman–Crippen MR) is 92.2 cm³/mol. The minimum atomic E-state index is -0.506. The maximum Gasteiger partial charge on any atom is 0.311 e. The third-order valence-corrected chi connectivity index (χ3v) is 3.87. The Morgan fingerprint density at radius 1 is 1.24 bits per heavy atom. The van der Waals surface area contributed by atoms with Gasteiger partial charge in [-0.25, -0.2) is 4.98 Å². The molecule has 0 fully saturated rings. The highest BCUT2D eigenvalue weighted by atomic mass is 16.6. The molecule has 2 aromatic carbocycles. The highest BCUT2D eigenvalue weighted by Crippen LogP contribution is 2.31. The van der Waals surface area contributed by atoms with Crippen molar-refractivity contribution in [1.29, 1.82) is 0 Å². The van der Waals surface area contributed by atoms with Crippen LogP contribution in [0.25, 0.3) is 11.4 Å². The molecule has 0 saturated carbocycles. The lowest BCUT2D eigenvalue weighted by molar-refractivity contribution is -0.385. The fourth-order valence-electron chi connectivity index (χ4n) is 2.45. The standard InChI is InChI=1S/C17H17N5O3/c1-10-3-5-11(6-4-10)15(18)17-19-16(20-21-17)12-7-8-14(25-2)13(9-12)22(23)24/h3-9,15H,18H2,1-2H3,(H,19,20,21). The lowest BCUT2D eigenvalue weighted by Gasteiger charge is -2.08. The summed E-state index contributed by atoms with van der Waals surface area (Å²) in [4.78, 5) is 15.0. The summed E-state index contributed by atoms with van der Waals surface area (Å²) in [6.07, 6.45) is 0. The van der Waals surface area contributed by atoms with Crippen LogP contribution in [0.3, 0.4) is 0 Å². The molecule has 1 heterocycles. The van der Waals surface area contributed by atoms with Gasteiger partial charge in [0.05, 0.1) is 18.1 Å². The molecule has 8 nitrogen and oxygen atoms in total. The smallest absolute Gasteiger partial charge is 0.311 e. The maximum atomic E-state index is 11.1. The van der Waals surface area contributed by atoms with Crippen molar-refractivity contribution in [3.05, 3.63) is 69.5 Å². The molecule has 0 radical (unpaired) electrons. The molecule has 0 saturated heterocycles. The fourth-order valence-corrected chi connectivity index (χ4v) is 2.45. The van der Waals surface area contributed by atoms with Crippen LogP contribution in [0.1, 0.15) is 23.0 Å². The van der Waals surface area contributed by atoms with E-state index < -0.39 is 11.0 Å². The summed E-state index contributed by atoms with van der Waals surface area (Å²) in [7, 11) is 1.38. The van der Waals surface area contributed by atoms with Crippen molar-refractivity contribution < 1.29 is 9.66 Å². The molecule has 3 rings (SSSR count). The summed E-state index contributed by atoms with van der Waals surface area (Å²) < 4.78 is 5.00. The molecule has 0 aliphatic rings. The molecule has 0 aliphatic heterocycles. The van der Waals surface area contributed by atoms with E-state index in [2.05, 4.69) is 15.2 Å². The van der Waals surface area contributed by atoms with Crippen molar-refractivity contribution >= 4 is 5.69 Å². The Bertz CT molecular complexity index is 905. The molecule has 1 aromatic heterocycles. The summed E-state index contributed by atoms with van der Waals surface area (Å²) in [6, 6.07) is 11.9. The number of aromatic amines is 1. The molecule has 0 bridgehead atoms. The number of nitro groups is 1. The lowest BCUT2D eigenvalue weighted by atomic mass is 10.1. The van der Waals surface area contributed by atoms with Crippen LogP contribution in [-0.2, 0) is 0 Å². The molecule has 0 spiro atoms. The number of ether oxygens (including phenoxy) is 1. The van der Waals surface area contributed by atoms with Gasteiger partial charge in [0.2, 0.25) is 0 Å². The number of hydrogen-bond acceptors (Lipinski definition) is 6. The second kappa shape index (κ2) is 6.70. The molecule has 3 N–H and O–H groups in total. The van der Waals surface area contributed by atoms with E-state index in [4.69, 9.17) is 10.5 Å². The number of nitro benzene ring substituents is 1. The van der Waals surface area contributed by atoms with Crippen molar-refractivity contribution in [2.45, 2.75) is 13.0 Å². The van der Waals surface area contributed by atoms with Crippen molar-refractivity contribution in [2.75, 3.05) is 7.11 Å². The quantitative estimate of drug-likeness (QED) is 0.545. The average Bonchev–Trinajstić information content (AvgIpc) is 3.11. The summed E-state index contributed by atoms with van der Waals surface area (Å²) in [5.41, 5.74) is 8.62. The molecule has 25 heavy (non-hydrogen) atoms. The van der Waals surface area contributed by atoms with Gasteiger partial charge in [-0.05, 0) is 24.6 Å². The first kappa shape index (κ1) is 16.6. The van der Waals surface area contributed by atoms with E-state index in [-0.39, 0.29) is 11.4 Å². The minimum Gasteiger partial charge on any atom is -0.490 e. The average molecular weight is 339 g/mol. The largest absolute Gasteiger partial charge is 0.490 e. The molecule has 3 aromatic rings. The van der Waals surface area contributed by atoms with E-state index in [0.717, 1.165) is 11.1 Å². The van der Waals surface area contributed by atoms with E-state index in [1.807, 2.05) is 31.2 Å². The van der Waals surface area contributed by atoms with Gasteiger partial charge in [-0.15, -0.1) is 0 Å². The first-order chi connectivity index (χ1) is 12.0. The lowest BCUT2D eigenvalue weighted by Crippen LogP contribution is -2.13. The maximum absolute atomic E-state index is 11.1. The van der Waals surface area contributed by atoms with Crippen molar-refractivity contribution in [2.24, 2.45) is 5.73 Å². The van der Waals surface area contributed by atoms with Crippen molar-refractivity contribution in [1.82, 2.24) is 15.2 Å². The summed E-state index contributed by atoms with van der Waals surface area (Å²) in [5.74, 6) is 1.00. The monoisotopic (exact) mass is 339 g/mol. The van der Waals surface area contributed by atoms with Crippen molar-refractivity contribution in [3.63, 3.8) is 0 Å². The Morgan fingerprint density at radius 2 is 1.96 bits per heavy atom. The van der Waals surface area contributed by atoms with Crippen LogP contribution >= 0.6 is 0 Å². The number of nitrogens with zero attached hydrogens (tertiary/aromatic N) is 3. The van der Waals surface area contributed by atoms with Crippen LogP contribution in [0.4, 0.5) is 5.69 Å². The van der Waals surface area contributed by atoms with Crippen LogP contribution in [0.2, 0.25) is 0 Å². The van der Waals surface area contributed by atoms with E-state index in [0.29, 0.717) is 17.2 Å². The number of nitrogens with one attached hydrogen (secondary N) is 1. The number of rotatable bonds is 5. The first-order valence-corrected chi connectivity index (χ1v) is 7.57. The third-order valence-electron chi connectivity index (χ3n) is 3.87. The first-order valence-electron chi connectivity index (χ1n) is 7.57. The van der Waals surface area contributed by atoms with Gasteiger partial charge in [0.1, 0.15) is 5.82 Å². The number of H-pyrrole nitrogens is 1. The van der Waals surface area contributed by atoms with Gasteiger partial charge in [-0.3, -0.25) is 15.2 Å². The van der Waals surface area contributed by atoms with Crippen molar-refractivity contribution in [3.8, 4) is 17.1 Å². The Labute approximate surface area is 143 Å². The van der Waals surface area contributed by atoms with Gasteiger partial charge >= 0.3 is 5.69 Å². The number of aromatic nitrogens is 3. The van der Waals surface area contributed by atoms with Crippen LogP contribution in [0.15, 0.2) is 42.5 Å². The minimum absolute atomic E-state index is 0.144. The van der Waals surface area contributed by atoms with Gasteiger partial charge in [0.25, 0.3) is 0 Å². The second-order valence-corrected chi connectivity index (χ2v) is 5.58. The van der Waals surface area contributed by atoms with Crippen LogP contribution in [-0.4, -0.2) is 27.2 Å². The third kappa shape index (κ3) is 3.33. The Morgan fingerprint density at radius 3 is 2.60 bits per heavy atom. The van der Waals surface area contributed by atoms with Crippen LogP contribution in [0.5, 0.6) is 5.75 Å². The molecule has 1 unspecified atom stereocenters. The summed E-state index contributed by atoms with van der Waals surface area (Å²) in [6.45, 7) is 2.00. The van der Waals surface area contributed by atoms with Gasteiger partial charge in [0.15, 0.2) is 11.6 Å². The fraction of sp³-hybridized carbons (Fsp3) is 0.176. The van der Waals surface area contributed by atoms with Gasteiger partial charge in [0, 0.05) is 11.6 Å². The Hall–Kier alpha value is -3.26. The molecule has 0 aliphatic carbocycles. The number of methoxy groups -OCH3 is 1. The Balaban J connectivity index is 1.92. The molecular formula is C17H17N5O3. The number of hydrogen-bond donors (Lipinski definition) is 2. The summed E-state index contributed by atoms with van der Waals surface area (Å²) in [5, 5.41) is 18.1. The Kier molecular flexibility index (Phi) is 4.44. The van der Waals surface area contributed by atoms with Gasteiger partial charge in [-0.2, -0.15) is 5.10 Å². The highest BCUT2D eigenvalue weighted by molar-refractivity contribution is 5.63. The topological polar surface area (TPSA) is 120 Å². The summed E-state index contributed by atoms with van der Waals surface area (Å²) >= 11 is 0. The predicted octanol–water partition coefficient (Wildman–Crippen LogP) is 2.75. The zero-order valence-corrected chi connectivity index (χ0v) is 13.8. The van der Waals surface area contributed by atoms with E-state index in [1.165, 1.54) is 19.2 Å². The molecular weight excluding hydrogens is 322 g/mol. The number of benzene rings is 2. The normalized spacial score (nSPS) is 12.0. The van der Waals surface area contributed by atoms with E-state index >= 15 is 0 Å². The SMILES string of the molecule is COc1ccc(-c2n[nH]c(C(N)c3ccc(C)cc3)n2)cc1[N+](=O)[O-].